The summed E-state index contributed by atoms with van der Waals surface area (Å²) in [6.45, 7) is 3.93. The zero-order chi connectivity index (χ0) is 25.4. The fourth-order valence-electron chi connectivity index (χ4n) is 4.86. The lowest BCUT2D eigenvalue weighted by Crippen LogP contribution is -2.28. The Kier molecular flexibility index (Phi) is 6.01. The second-order valence-corrected chi connectivity index (χ2v) is 8.99. The van der Waals surface area contributed by atoms with Crippen molar-refractivity contribution in [2.45, 2.75) is 39.0 Å². The summed E-state index contributed by atoms with van der Waals surface area (Å²) in [7, 11) is 0. The number of carboxylic acids is 1. The first kappa shape index (κ1) is 23.3. The average Bonchev–Trinajstić information content (AvgIpc) is 3.42. The van der Waals surface area contributed by atoms with Gasteiger partial charge < -0.3 is 10.2 Å². The highest BCUT2D eigenvalue weighted by Crippen LogP contribution is 2.38. The van der Waals surface area contributed by atoms with Crippen molar-refractivity contribution in [3.05, 3.63) is 77.4 Å². The number of aryl methyl sites for hydroxylation is 1. The number of phenols is 1. The van der Waals surface area contributed by atoms with Gasteiger partial charge in [-0.1, -0.05) is 37.3 Å². The molecule has 8 heteroatoms. The van der Waals surface area contributed by atoms with Crippen LogP contribution >= 0.6 is 0 Å². The Labute approximate surface area is 208 Å². The number of carbonyl (C=O) groups is 2. The molecule has 182 valence electrons. The van der Waals surface area contributed by atoms with E-state index in [1.807, 2.05) is 6.07 Å². The van der Waals surface area contributed by atoms with Crippen molar-refractivity contribution in [3.8, 4) is 16.9 Å². The topological polar surface area (TPSA) is 115 Å². The summed E-state index contributed by atoms with van der Waals surface area (Å²) in [5, 5.41) is 29.9. The lowest BCUT2D eigenvalue weighted by Gasteiger charge is -2.15. The predicted octanol–water partition coefficient (Wildman–Crippen LogP) is 5.39. The molecule has 1 aliphatic heterocycles. The summed E-state index contributed by atoms with van der Waals surface area (Å²) >= 11 is 0. The lowest BCUT2D eigenvalue weighted by molar-refractivity contribution is -0.112. The molecule has 0 saturated carbocycles. The van der Waals surface area contributed by atoms with E-state index in [0.717, 1.165) is 24.9 Å². The van der Waals surface area contributed by atoms with Crippen molar-refractivity contribution in [1.82, 2.24) is 0 Å². The summed E-state index contributed by atoms with van der Waals surface area (Å²) in [6, 6.07) is 17.7. The monoisotopic (exact) mass is 482 g/mol. The first-order chi connectivity index (χ1) is 17.4. The minimum absolute atomic E-state index is 0.175. The van der Waals surface area contributed by atoms with Gasteiger partial charge in [0.25, 0.3) is 0 Å². The number of benzene rings is 3. The predicted molar refractivity (Wildman–Crippen MR) is 140 cm³/mol. The van der Waals surface area contributed by atoms with Crippen molar-refractivity contribution in [1.29, 1.82) is 0 Å². The molecule has 1 heterocycles. The molecule has 1 aliphatic carbocycles. The number of aromatic hydroxyl groups is 1. The Hall–Kier alpha value is -4.46. The van der Waals surface area contributed by atoms with E-state index < -0.39 is 5.97 Å². The third kappa shape index (κ3) is 4.11. The van der Waals surface area contributed by atoms with Crippen molar-refractivity contribution in [2.75, 3.05) is 10.4 Å². The molecular weight excluding hydrogens is 456 g/mol. The van der Waals surface area contributed by atoms with E-state index in [1.54, 1.807) is 43.3 Å². The van der Waals surface area contributed by atoms with Crippen LogP contribution in [0, 0.1) is 0 Å². The smallest absolute Gasteiger partial charge is 0.339 e. The highest BCUT2D eigenvalue weighted by atomic mass is 16.4. The van der Waals surface area contributed by atoms with Gasteiger partial charge in [-0.25, -0.2) is 4.79 Å². The number of hydrazone groups is 2. The van der Waals surface area contributed by atoms with E-state index in [-0.39, 0.29) is 22.9 Å². The van der Waals surface area contributed by atoms with Crippen LogP contribution in [0.15, 0.2) is 70.9 Å². The van der Waals surface area contributed by atoms with E-state index in [2.05, 4.69) is 34.7 Å². The van der Waals surface area contributed by atoms with Crippen LogP contribution in [-0.4, -0.2) is 33.5 Å². The number of para-hydroxylation sites is 1. The molecule has 8 nitrogen and oxygen atoms in total. The number of amides is 1. The Balaban J connectivity index is 1.38. The lowest BCUT2D eigenvalue weighted by atomic mass is 9.98. The minimum atomic E-state index is -1.21. The normalized spacial score (nSPS) is 17.9. The number of aromatic carboxylic acids is 1. The third-order valence-corrected chi connectivity index (χ3v) is 6.79. The largest absolute Gasteiger partial charge is 0.506 e. The van der Waals surface area contributed by atoms with Crippen LogP contribution in [0.2, 0.25) is 0 Å². The fourth-order valence-corrected chi connectivity index (χ4v) is 4.86. The summed E-state index contributed by atoms with van der Waals surface area (Å²) in [6.07, 6.45) is 3.28. The molecular formula is C28H26N4O4. The van der Waals surface area contributed by atoms with Crippen LogP contribution in [-0.2, 0) is 11.2 Å². The quantitative estimate of drug-likeness (QED) is 0.408. The number of hydrogen-bond acceptors (Lipinski definition) is 6. The molecule has 0 bridgehead atoms. The maximum atomic E-state index is 13.2. The number of carboxylic acid groups (broad SMARTS) is 1. The van der Waals surface area contributed by atoms with Crippen LogP contribution in [0.4, 0.5) is 11.4 Å². The molecule has 5 rings (SSSR count). The summed E-state index contributed by atoms with van der Waals surface area (Å²) in [4.78, 5) is 24.5. The number of nitrogens with zero attached hydrogens (tertiary/aromatic N) is 3. The summed E-state index contributed by atoms with van der Waals surface area (Å²) < 4.78 is 0. The van der Waals surface area contributed by atoms with Crippen LogP contribution < -0.4 is 10.4 Å². The standard InChI is InChI=1S/C28H26N4O4/c1-3-17-10-11-18-12-13-21(15-24(17)18)32-27(34)25(16(2)31-32)30-29-20-7-4-6-19(14-20)22-8-5-9-23(26(22)33)28(35)36/h4-9,12-15,17,29,33H,3,10-11H2,1-2H3,(H,35,36). The third-order valence-electron chi connectivity index (χ3n) is 6.79. The fraction of sp³-hybridized carbons (Fsp3) is 0.214. The van der Waals surface area contributed by atoms with Gasteiger partial charge in [-0.2, -0.15) is 15.2 Å². The van der Waals surface area contributed by atoms with Crippen molar-refractivity contribution in [2.24, 2.45) is 10.2 Å². The van der Waals surface area contributed by atoms with E-state index in [1.165, 1.54) is 22.2 Å². The number of fused-ring (bicyclic) bond motifs is 1. The number of rotatable bonds is 6. The number of anilines is 2. The molecule has 3 aromatic rings. The van der Waals surface area contributed by atoms with Gasteiger partial charge in [0.1, 0.15) is 11.3 Å². The maximum Gasteiger partial charge on any atom is 0.339 e. The van der Waals surface area contributed by atoms with Crippen LogP contribution in [0.25, 0.3) is 11.1 Å². The summed E-state index contributed by atoms with van der Waals surface area (Å²) in [5.74, 6) is -1.31. The highest BCUT2D eigenvalue weighted by Gasteiger charge is 2.32. The molecule has 2 aliphatic rings. The van der Waals surface area contributed by atoms with E-state index in [4.69, 9.17) is 0 Å². The molecule has 0 fully saturated rings. The Morgan fingerprint density at radius 3 is 2.75 bits per heavy atom. The van der Waals surface area contributed by atoms with Crippen molar-refractivity contribution >= 4 is 34.7 Å². The zero-order valence-corrected chi connectivity index (χ0v) is 20.0. The van der Waals surface area contributed by atoms with Gasteiger partial charge in [-0.3, -0.25) is 10.2 Å². The van der Waals surface area contributed by atoms with Gasteiger partial charge in [0.2, 0.25) is 0 Å². The first-order valence-electron chi connectivity index (χ1n) is 11.9. The first-order valence-corrected chi connectivity index (χ1v) is 11.9. The molecule has 3 aromatic carbocycles. The van der Waals surface area contributed by atoms with Crippen molar-refractivity contribution in [3.63, 3.8) is 0 Å². The Bertz CT molecular complexity index is 1440. The van der Waals surface area contributed by atoms with Crippen molar-refractivity contribution < 1.29 is 19.8 Å². The van der Waals surface area contributed by atoms with E-state index >= 15 is 0 Å². The Morgan fingerprint density at radius 1 is 1.17 bits per heavy atom. The molecule has 36 heavy (non-hydrogen) atoms. The molecule has 0 radical (unpaired) electrons. The maximum absolute atomic E-state index is 13.2. The number of carbonyl (C=O) groups excluding carboxylic acids is 1. The van der Waals surface area contributed by atoms with Gasteiger partial charge >= 0.3 is 11.9 Å². The molecule has 3 N–H and O–H groups in total. The van der Waals surface area contributed by atoms with Gasteiger partial charge in [-0.15, -0.1) is 0 Å². The average molecular weight is 483 g/mol. The van der Waals surface area contributed by atoms with Gasteiger partial charge in [0.15, 0.2) is 5.71 Å². The molecule has 0 spiro atoms. The molecule has 1 unspecified atom stereocenters. The zero-order valence-electron chi connectivity index (χ0n) is 20.0. The Morgan fingerprint density at radius 2 is 1.97 bits per heavy atom. The number of hydrogen-bond donors (Lipinski definition) is 3. The highest BCUT2D eigenvalue weighted by molar-refractivity contribution is 6.71. The second kappa shape index (κ2) is 9.30. The SMILES string of the molecule is CCC1CCc2ccc(N3N=C(C)C(=NNc4cccc(-c5cccc(C(=O)O)c5O)c4)C3=O)cc21. The molecule has 1 amide bonds. The van der Waals surface area contributed by atoms with E-state index in [0.29, 0.717) is 28.4 Å². The molecule has 0 aromatic heterocycles. The second-order valence-electron chi connectivity index (χ2n) is 8.99. The molecule has 1 atom stereocenters. The van der Waals surface area contributed by atoms with Gasteiger partial charge in [-0.05, 0) is 79.1 Å². The van der Waals surface area contributed by atoms with E-state index in [9.17, 15) is 19.8 Å². The summed E-state index contributed by atoms with van der Waals surface area (Å²) in [5.41, 5.74) is 8.38. The minimum Gasteiger partial charge on any atom is -0.506 e. The van der Waals surface area contributed by atoms with Crippen LogP contribution in [0.5, 0.6) is 5.75 Å². The number of nitrogens with one attached hydrogen (secondary N) is 1. The van der Waals surface area contributed by atoms with Gasteiger partial charge in [0, 0.05) is 5.56 Å². The van der Waals surface area contributed by atoms with Gasteiger partial charge in [0.05, 0.1) is 17.1 Å². The van der Waals surface area contributed by atoms with Crippen LogP contribution in [0.1, 0.15) is 54.1 Å². The van der Waals surface area contributed by atoms with Crippen LogP contribution in [0.3, 0.4) is 0 Å². The molecule has 0 saturated heterocycles.